The summed E-state index contributed by atoms with van der Waals surface area (Å²) in [4.78, 5) is 14.1. The fourth-order valence-electron chi connectivity index (χ4n) is 2.07. The highest BCUT2D eigenvalue weighted by molar-refractivity contribution is 5.10. The third-order valence-electron chi connectivity index (χ3n) is 3.37. The van der Waals surface area contributed by atoms with Crippen molar-refractivity contribution in [3.05, 3.63) is 28.2 Å². The molecule has 2 rings (SSSR count). The Kier molecular flexibility index (Phi) is 4.37. The summed E-state index contributed by atoms with van der Waals surface area (Å²) in [6.45, 7) is 11.2. The molecule has 0 spiro atoms. The van der Waals surface area contributed by atoms with Crippen LogP contribution in [0.4, 0.5) is 0 Å². The van der Waals surface area contributed by atoms with E-state index >= 15 is 0 Å². The maximum absolute atomic E-state index is 11.8. The van der Waals surface area contributed by atoms with Gasteiger partial charge in [-0.15, -0.1) is 0 Å². The second kappa shape index (κ2) is 5.84. The summed E-state index contributed by atoms with van der Waals surface area (Å²) in [5, 5.41) is 4.47. The van der Waals surface area contributed by atoms with Crippen LogP contribution in [-0.2, 0) is 16.7 Å². The maximum atomic E-state index is 11.8. The first-order valence-electron chi connectivity index (χ1n) is 6.85. The fraction of sp³-hybridized carbons (Fsp3) is 0.714. The van der Waals surface area contributed by atoms with Gasteiger partial charge in [0.2, 0.25) is 0 Å². The van der Waals surface area contributed by atoms with E-state index in [1.54, 1.807) is 10.7 Å². The number of aromatic nitrogens is 2. The Balaban J connectivity index is 2.04. The highest BCUT2D eigenvalue weighted by Crippen LogP contribution is 2.17. The van der Waals surface area contributed by atoms with Gasteiger partial charge in [0.1, 0.15) is 0 Å². The Morgan fingerprint density at radius 3 is 2.53 bits per heavy atom. The zero-order valence-corrected chi connectivity index (χ0v) is 12.1. The van der Waals surface area contributed by atoms with Gasteiger partial charge >= 0.3 is 0 Å². The zero-order valence-electron chi connectivity index (χ0n) is 12.1. The second-order valence-corrected chi connectivity index (χ2v) is 5.98. The van der Waals surface area contributed by atoms with E-state index in [4.69, 9.17) is 4.74 Å². The van der Waals surface area contributed by atoms with Gasteiger partial charge in [0.05, 0.1) is 25.5 Å². The first kappa shape index (κ1) is 14.2. The van der Waals surface area contributed by atoms with Crippen LogP contribution in [0.2, 0.25) is 0 Å². The van der Waals surface area contributed by atoms with Crippen molar-refractivity contribution in [2.75, 3.05) is 32.8 Å². The normalized spacial score (nSPS) is 17.6. The standard InChI is InChI=1S/C14H23N3O2/c1-14(2,3)12-4-5-13(18)17(15-12)7-6-16-8-10-19-11-9-16/h4-5H,6-11H2,1-3H3. The molecule has 5 heteroatoms. The lowest BCUT2D eigenvalue weighted by atomic mass is 9.92. The van der Waals surface area contributed by atoms with Crippen molar-refractivity contribution < 1.29 is 4.74 Å². The molecular formula is C14H23N3O2. The second-order valence-electron chi connectivity index (χ2n) is 5.98. The smallest absolute Gasteiger partial charge is 0.266 e. The SMILES string of the molecule is CC(C)(C)c1ccc(=O)n(CCN2CCOCC2)n1. The summed E-state index contributed by atoms with van der Waals surface area (Å²) in [5.41, 5.74) is 0.893. The Labute approximate surface area is 114 Å². The number of rotatable bonds is 3. The van der Waals surface area contributed by atoms with E-state index in [2.05, 4.69) is 30.8 Å². The monoisotopic (exact) mass is 265 g/mol. The van der Waals surface area contributed by atoms with Crippen molar-refractivity contribution in [3.63, 3.8) is 0 Å². The minimum absolute atomic E-state index is 0.0266. The maximum Gasteiger partial charge on any atom is 0.266 e. The third-order valence-corrected chi connectivity index (χ3v) is 3.37. The number of hydrogen-bond donors (Lipinski definition) is 0. The van der Waals surface area contributed by atoms with Crippen molar-refractivity contribution in [2.24, 2.45) is 0 Å². The van der Waals surface area contributed by atoms with Crippen molar-refractivity contribution in [3.8, 4) is 0 Å². The Morgan fingerprint density at radius 2 is 1.89 bits per heavy atom. The minimum Gasteiger partial charge on any atom is -0.379 e. The van der Waals surface area contributed by atoms with E-state index in [0.717, 1.165) is 38.5 Å². The molecular weight excluding hydrogens is 242 g/mol. The van der Waals surface area contributed by atoms with Crippen LogP contribution in [0.15, 0.2) is 16.9 Å². The predicted molar refractivity (Wildman–Crippen MR) is 74.5 cm³/mol. The van der Waals surface area contributed by atoms with E-state index in [9.17, 15) is 4.79 Å². The number of morpholine rings is 1. The summed E-state index contributed by atoms with van der Waals surface area (Å²) < 4.78 is 6.89. The summed E-state index contributed by atoms with van der Waals surface area (Å²) >= 11 is 0. The lowest BCUT2D eigenvalue weighted by molar-refractivity contribution is 0.0357. The van der Waals surface area contributed by atoms with Gasteiger partial charge in [-0.25, -0.2) is 4.68 Å². The van der Waals surface area contributed by atoms with Crippen LogP contribution in [-0.4, -0.2) is 47.5 Å². The van der Waals surface area contributed by atoms with Crippen molar-refractivity contribution in [1.29, 1.82) is 0 Å². The van der Waals surface area contributed by atoms with E-state index in [1.807, 2.05) is 6.07 Å². The van der Waals surface area contributed by atoms with Gasteiger partial charge in [-0.1, -0.05) is 20.8 Å². The molecule has 0 radical (unpaired) electrons. The van der Waals surface area contributed by atoms with Gasteiger partial charge in [-0.3, -0.25) is 9.69 Å². The summed E-state index contributed by atoms with van der Waals surface area (Å²) in [5.74, 6) is 0. The molecule has 2 heterocycles. The summed E-state index contributed by atoms with van der Waals surface area (Å²) in [6.07, 6.45) is 0. The lowest BCUT2D eigenvalue weighted by Gasteiger charge is -2.26. The molecule has 0 atom stereocenters. The molecule has 0 amide bonds. The Bertz CT molecular complexity index is 470. The third kappa shape index (κ3) is 3.88. The van der Waals surface area contributed by atoms with E-state index in [0.29, 0.717) is 6.54 Å². The van der Waals surface area contributed by atoms with Gasteiger partial charge in [0.25, 0.3) is 5.56 Å². The first-order valence-corrected chi connectivity index (χ1v) is 6.85. The molecule has 1 aliphatic heterocycles. The molecule has 1 aliphatic rings. The lowest BCUT2D eigenvalue weighted by Crippen LogP contribution is -2.40. The van der Waals surface area contributed by atoms with Gasteiger partial charge < -0.3 is 4.74 Å². The molecule has 0 unspecified atom stereocenters. The molecule has 1 aromatic heterocycles. The van der Waals surface area contributed by atoms with Crippen molar-refractivity contribution in [2.45, 2.75) is 32.7 Å². The van der Waals surface area contributed by atoms with Gasteiger partial charge in [-0.2, -0.15) is 5.10 Å². The molecule has 0 N–H and O–H groups in total. The molecule has 0 saturated carbocycles. The number of hydrogen-bond acceptors (Lipinski definition) is 4. The zero-order chi connectivity index (χ0) is 13.9. The summed E-state index contributed by atoms with van der Waals surface area (Å²) in [6, 6.07) is 3.44. The van der Waals surface area contributed by atoms with Crippen LogP contribution < -0.4 is 5.56 Å². The Hall–Kier alpha value is -1.20. The molecule has 0 bridgehead atoms. The molecule has 5 nitrogen and oxygen atoms in total. The van der Waals surface area contributed by atoms with Crippen LogP contribution in [0.3, 0.4) is 0 Å². The van der Waals surface area contributed by atoms with Crippen LogP contribution in [0, 0.1) is 0 Å². The van der Waals surface area contributed by atoms with Crippen LogP contribution in [0.5, 0.6) is 0 Å². The van der Waals surface area contributed by atoms with Gasteiger partial charge in [0.15, 0.2) is 0 Å². The average Bonchev–Trinajstić information content (AvgIpc) is 2.37. The molecule has 1 fully saturated rings. The minimum atomic E-state index is -0.0333. The molecule has 0 aliphatic carbocycles. The van der Waals surface area contributed by atoms with Crippen molar-refractivity contribution >= 4 is 0 Å². The summed E-state index contributed by atoms with van der Waals surface area (Å²) in [7, 11) is 0. The van der Waals surface area contributed by atoms with Gasteiger partial charge in [-0.05, 0) is 6.07 Å². The van der Waals surface area contributed by atoms with Gasteiger partial charge in [0, 0.05) is 31.1 Å². The molecule has 1 saturated heterocycles. The first-order chi connectivity index (χ1) is 8.97. The largest absolute Gasteiger partial charge is 0.379 e. The van der Waals surface area contributed by atoms with Crippen LogP contribution >= 0.6 is 0 Å². The topological polar surface area (TPSA) is 47.4 Å². The number of ether oxygens (including phenoxy) is 1. The van der Waals surface area contributed by atoms with Crippen LogP contribution in [0.1, 0.15) is 26.5 Å². The molecule has 1 aromatic rings. The average molecular weight is 265 g/mol. The Morgan fingerprint density at radius 1 is 1.21 bits per heavy atom. The van der Waals surface area contributed by atoms with E-state index in [-0.39, 0.29) is 11.0 Å². The van der Waals surface area contributed by atoms with Crippen molar-refractivity contribution in [1.82, 2.24) is 14.7 Å². The van der Waals surface area contributed by atoms with E-state index in [1.165, 1.54) is 0 Å². The highest BCUT2D eigenvalue weighted by atomic mass is 16.5. The highest BCUT2D eigenvalue weighted by Gasteiger charge is 2.17. The number of nitrogens with zero attached hydrogens (tertiary/aromatic N) is 3. The predicted octanol–water partition coefficient (Wildman–Crippen LogP) is 0.873. The fourth-order valence-corrected chi connectivity index (χ4v) is 2.07. The van der Waals surface area contributed by atoms with E-state index < -0.39 is 0 Å². The molecule has 19 heavy (non-hydrogen) atoms. The molecule has 106 valence electrons. The van der Waals surface area contributed by atoms with Crippen LogP contribution in [0.25, 0.3) is 0 Å². The molecule has 0 aromatic carbocycles. The quantitative estimate of drug-likeness (QED) is 0.814.